The molecule has 0 aromatic carbocycles. The SMILES string of the molecule is CN(C)C(=O)COCC1CN(Cc2ccn(C)n2)CC(C)(C)O1. The maximum atomic E-state index is 11.6. The third-order valence-corrected chi connectivity index (χ3v) is 3.73. The van der Waals surface area contributed by atoms with Crippen LogP contribution in [0.1, 0.15) is 19.5 Å². The third kappa shape index (κ3) is 5.60. The van der Waals surface area contributed by atoms with E-state index in [4.69, 9.17) is 9.47 Å². The molecule has 0 N–H and O–H groups in total. The van der Waals surface area contributed by atoms with E-state index >= 15 is 0 Å². The number of hydrogen-bond donors (Lipinski definition) is 0. The molecular formula is C16H28N4O3. The molecule has 1 amide bonds. The largest absolute Gasteiger partial charge is 0.369 e. The monoisotopic (exact) mass is 324 g/mol. The Morgan fingerprint density at radius 3 is 2.87 bits per heavy atom. The van der Waals surface area contributed by atoms with Crippen LogP contribution in [0.3, 0.4) is 0 Å². The van der Waals surface area contributed by atoms with Crippen LogP contribution in [0.25, 0.3) is 0 Å². The van der Waals surface area contributed by atoms with Crippen molar-refractivity contribution in [3.8, 4) is 0 Å². The number of aryl methyl sites for hydroxylation is 1. The number of morpholine rings is 1. The fourth-order valence-electron chi connectivity index (χ4n) is 2.81. The summed E-state index contributed by atoms with van der Waals surface area (Å²) in [5, 5.41) is 4.44. The van der Waals surface area contributed by atoms with Crippen molar-refractivity contribution < 1.29 is 14.3 Å². The summed E-state index contributed by atoms with van der Waals surface area (Å²) in [5.74, 6) is -0.0367. The van der Waals surface area contributed by atoms with Crippen LogP contribution < -0.4 is 0 Å². The molecule has 1 unspecified atom stereocenters. The number of rotatable bonds is 6. The Morgan fingerprint density at radius 2 is 2.26 bits per heavy atom. The van der Waals surface area contributed by atoms with Gasteiger partial charge in [0, 0.05) is 47.0 Å². The van der Waals surface area contributed by atoms with Crippen LogP contribution >= 0.6 is 0 Å². The van der Waals surface area contributed by atoms with Crippen molar-refractivity contribution in [1.82, 2.24) is 19.6 Å². The molecular weight excluding hydrogens is 296 g/mol. The van der Waals surface area contributed by atoms with E-state index in [-0.39, 0.29) is 24.2 Å². The van der Waals surface area contributed by atoms with Crippen LogP contribution in [0.15, 0.2) is 12.3 Å². The molecule has 1 atom stereocenters. The molecule has 1 aliphatic rings. The Morgan fingerprint density at radius 1 is 1.52 bits per heavy atom. The second-order valence-corrected chi connectivity index (χ2v) is 6.95. The fraction of sp³-hybridized carbons (Fsp3) is 0.750. The molecule has 2 rings (SSSR count). The molecule has 7 heteroatoms. The summed E-state index contributed by atoms with van der Waals surface area (Å²) in [5.41, 5.74) is 0.805. The average molecular weight is 324 g/mol. The van der Waals surface area contributed by atoms with Crippen LogP contribution in [0.4, 0.5) is 0 Å². The van der Waals surface area contributed by atoms with Gasteiger partial charge in [-0.3, -0.25) is 14.4 Å². The minimum Gasteiger partial charge on any atom is -0.369 e. The lowest BCUT2D eigenvalue weighted by Gasteiger charge is -2.42. The summed E-state index contributed by atoms with van der Waals surface area (Å²) in [4.78, 5) is 15.4. The van der Waals surface area contributed by atoms with Crippen molar-refractivity contribution in [2.75, 3.05) is 40.4 Å². The van der Waals surface area contributed by atoms with Crippen LogP contribution in [-0.4, -0.2) is 77.6 Å². The van der Waals surface area contributed by atoms with E-state index in [1.54, 1.807) is 14.1 Å². The van der Waals surface area contributed by atoms with Gasteiger partial charge in [-0.2, -0.15) is 5.10 Å². The first-order chi connectivity index (χ1) is 10.7. The lowest BCUT2D eigenvalue weighted by Crippen LogP contribution is -2.53. The second kappa shape index (κ2) is 7.42. The summed E-state index contributed by atoms with van der Waals surface area (Å²) in [6.45, 7) is 7.08. The van der Waals surface area contributed by atoms with Crippen molar-refractivity contribution in [1.29, 1.82) is 0 Å². The van der Waals surface area contributed by atoms with Gasteiger partial charge in [0.25, 0.3) is 0 Å². The number of hydrogen-bond acceptors (Lipinski definition) is 5. The highest BCUT2D eigenvalue weighted by Crippen LogP contribution is 2.22. The van der Waals surface area contributed by atoms with Gasteiger partial charge in [-0.1, -0.05) is 0 Å². The quantitative estimate of drug-likeness (QED) is 0.763. The predicted molar refractivity (Wildman–Crippen MR) is 87.0 cm³/mol. The van der Waals surface area contributed by atoms with Crippen molar-refractivity contribution >= 4 is 5.91 Å². The fourth-order valence-corrected chi connectivity index (χ4v) is 2.81. The molecule has 1 aromatic heterocycles. The molecule has 1 aromatic rings. The Bertz CT molecular complexity index is 527. The molecule has 0 radical (unpaired) electrons. The van der Waals surface area contributed by atoms with Gasteiger partial charge in [0.2, 0.25) is 5.91 Å². The standard InChI is InChI=1S/C16H28N4O3/c1-16(2)12-20(8-13-6-7-19(5)17-13)9-14(23-16)10-22-11-15(21)18(3)4/h6-7,14H,8-12H2,1-5H3. The van der Waals surface area contributed by atoms with Crippen molar-refractivity contribution in [3.05, 3.63) is 18.0 Å². The zero-order chi connectivity index (χ0) is 17.0. The number of nitrogens with zero attached hydrogens (tertiary/aromatic N) is 4. The lowest BCUT2D eigenvalue weighted by atomic mass is 10.1. The molecule has 1 fully saturated rings. The summed E-state index contributed by atoms with van der Waals surface area (Å²) in [7, 11) is 5.37. The maximum absolute atomic E-state index is 11.6. The number of amides is 1. The number of likely N-dealkylation sites (N-methyl/N-ethyl adjacent to an activating group) is 1. The van der Waals surface area contributed by atoms with E-state index in [2.05, 4.69) is 23.8 Å². The van der Waals surface area contributed by atoms with E-state index in [0.29, 0.717) is 6.61 Å². The van der Waals surface area contributed by atoms with Gasteiger partial charge in [-0.05, 0) is 19.9 Å². The molecule has 23 heavy (non-hydrogen) atoms. The van der Waals surface area contributed by atoms with E-state index in [0.717, 1.165) is 25.3 Å². The minimum atomic E-state index is -0.243. The highest BCUT2D eigenvalue weighted by molar-refractivity contribution is 5.76. The predicted octanol–water partition coefficient (Wildman–Crippen LogP) is 0.504. The first-order valence-corrected chi connectivity index (χ1v) is 7.92. The zero-order valence-corrected chi connectivity index (χ0v) is 14.8. The Balaban J connectivity index is 1.86. The summed E-state index contributed by atoms with van der Waals surface area (Å²) in [6.07, 6.45) is 1.91. The Kier molecular flexibility index (Phi) is 5.78. The lowest BCUT2D eigenvalue weighted by molar-refractivity contribution is -0.161. The highest BCUT2D eigenvalue weighted by atomic mass is 16.5. The second-order valence-electron chi connectivity index (χ2n) is 6.95. The van der Waals surface area contributed by atoms with Gasteiger partial charge in [-0.15, -0.1) is 0 Å². The number of carbonyl (C=O) groups is 1. The topological polar surface area (TPSA) is 59.8 Å². The van der Waals surface area contributed by atoms with Crippen molar-refractivity contribution in [3.63, 3.8) is 0 Å². The van der Waals surface area contributed by atoms with Gasteiger partial charge in [0.15, 0.2) is 0 Å². The molecule has 0 bridgehead atoms. The molecule has 1 saturated heterocycles. The number of carbonyl (C=O) groups excluding carboxylic acids is 1. The molecule has 1 aliphatic heterocycles. The molecule has 0 spiro atoms. The smallest absolute Gasteiger partial charge is 0.248 e. The molecule has 130 valence electrons. The van der Waals surface area contributed by atoms with E-state index in [1.165, 1.54) is 4.90 Å². The van der Waals surface area contributed by atoms with E-state index in [1.807, 2.05) is 24.0 Å². The van der Waals surface area contributed by atoms with Gasteiger partial charge in [-0.25, -0.2) is 0 Å². The molecule has 2 heterocycles. The Hall–Kier alpha value is -1.44. The van der Waals surface area contributed by atoms with E-state index in [9.17, 15) is 4.79 Å². The highest BCUT2D eigenvalue weighted by Gasteiger charge is 2.33. The molecule has 7 nitrogen and oxygen atoms in total. The van der Waals surface area contributed by atoms with Gasteiger partial charge < -0.3 is 14.4 Å². The normalized spacial score (nSPS) is 21.3. The van der Waals surface area contributed by atoms with Gasteiger partial charge in [0.1, 0.15) is 6.61 Å². The first-order valence-electron chi connectivity index (χ1n) is 7.92. The molecule has 0 saturated carbocycles. The summed E-state index contributed by atoms with van der Waals surface area (Å²) in [6, 6.07) is 2.03. The molecule has 0 aliphatic carbocycles. The van der Waals surface area contributed by atoms with Gasteiger partial charge >= 0.3 is 0 Å². The summed E-state index contributed by atoms with van der Waals surface area (Å²) >= 11 is 0. The third-order valence-electron chi connectivity index (χ3n) is 3.73. The average Bonchev–Trinajstić information content (AvgIpc) is 2.82. The van der Waals surface area contributed by atoms with Crippen LogP contribution in [0, 0.1) is 0 Å². The van der Waals surface area contributed by atoms with Crippen molar-refractivity contribution in [2.45, 2.75) is 32.1 Å². The number of aromatic nitrogens is 2. The maximum Gasteiger partial charge on any atom is 0.248 e. The van der Waals surface area contributed by atoms with Gasteiger partial charge in [0.05, 0.1) is 24.0 Å². The van der Waals surface area contributed by atoms with E-state index < -0.39 is 0 Å². The number of ether oxygens (including phenoxy) is 2. The minimum absolute atomic E-state index is 0.0367. The van der Waals surface area contributed by atoms with Crippen LogP contribution in [0.2, 0.25) is 0 Å². The van der Waals surface area contributed by atoms with Crippen LogP contribution in [0.5, 0.6) is 0 Å². The Labute approximate surface area is 138 Å². The summed E-state index contributed by atoms with van der Waals surface area (Å²) < 4.78 is 13.4. The zero-order valence-electron chi connectivity index (χ0n) is 14.8. The van der Waals surface area contributed by atoms with Crippen molar-refractivity contribution in [2.24, 2.45) is 7.05 Å². The van der Waals surface area contributed by atoms with Crippen LogP contribution in [-0.2, 0) is 27.9 Å². The first kappa shape index (κ1) is 17.9.